The summed E-state index contributed by atoms with van der Waals surface area (Å²) in [4.78, 5) is 19.8. The minimum atomic E-state index is -0.585. The average molecular weight is 388 g/mol. The quantitative estimate of drug-likeness (QED) is 0.553. The van der Waals surface area contributed by atoms with Crippen LogP contribution < -0.4 is 10.1 Å². The van der Waals surface area contributed by atoms with Gasteiger partial charge in [0.2, 0.25) is 5.88 Å². The smallest absolute Gasteiger partial charge is 0.412 e. The molecule has 0 atom stereocenters. The number of ether oxygens (including phenoxy) is 2. The van der Waals surface area contributed by atoms with Gasteiger partial charge in [0.15, 0.2) is 0 Å². The van der Waals surface area contributed by atoms with Crippen LogP contribution in [0, 0.1) is 0 Å². The number of hydrogen-bond donors (Lipinski definition) is 1. The first-order chi connectivity index (χ1) is 12.7. The van der Waals surface area contributed by atoms with Gasteiger partial charge in [0.1, 0.15) is 16.5 Å². The van der Waals surface area contributed by atoms with Crippen LogP contribution in [0.3, 0.4) is 0 Å². The van der Waals surface area contributed by atoms with E-state index in [1.54, 1.807) is 19.2 Å². The maximum atomic E-state index is 12.1. The SMILES string of the molecule is C=N/C(=C\C(Cl)=N/C)Oc1ccc(NC(=O)OC(C)(C)C)c2ccccc12. The molecule has 0 saturated heterocycles. The van der Waals surface area contributed by atoms with Gasteiger partial charge in [-0.3, -0.25) is 10.3 Å². The number of fused-ring (bicyclic) bond motifs is 1. The zero-order valence-corrected chi connectivity index (χ0v) is 16.5. The van der Waals surface area contributed by atoms with Gasteiger partial charge in [0.05, 0.1) is 5.69 Å². The summed E-state index contributed by atoms with van der Waals surface area (Å²) in [5.74, 6) is 0.753. The van der Waals surface area contributed by atoms with E-state index < -0.39 is 11.7 Å². The van der Waals surface area contributed by atoms with Crippen molar-refractivity contribution in [3.05, 3.63) is 48.4 Å². The lowest BCUT2D eigenvalue weighted by Gasteiger charge is -2.20. The number of hydrogen-bond acceptors (Lipinski definition) is 5. The Morgan fingerprint density at radius 1 is 1.19 bits per heavy atom. The minimum absolute atomic E-state index is 0.212. The molecule has 1 N–H and O–H groups in total. The number of allylic oxidation sites excluding steroid dienone is 1. The van der Waals surface area contributed by atoms with E-state index in [1.165, 1.54) is 6.08 Å². The third-order valence-electron chi connectivity index (χ3n) is 3.35. The number of rotatable bonds is 5. The molecule has 2 aromatic rings. The van der Waals surface area contributed by atoms with Gasteiger partial charge in [-0.1, -0.05) is 35.9 Å². The molecular weight excluding hydrogens is 366 g/mol. The Morgan fingerprint density at radius 3 is 2.44 bits per heavy atom. The second-order valence-corrected chi connectivity index (χ2v) is 6.96. The minimum Gasteiger partial charge on any atom is -0.444 e. The number of amides is 1. The van der Waals surface area contributed by atoms with Crippen molar-refractivity contribution < 1.29 is 14.3 Å². The molecule has 0 heterocycles. The van der Waals surface area contributed by atoms with Gasteiger partial charge in [0, 0.05) is 23.9 Å². The van der Waals surface area contributed by atoms with Crippen molar-refractivity contribution in [2.45, 2.75) is 26.4 Å². The Balaban J connectivity index is 2.38. The van der Waals surface area contributed by atoms with Crippen molar-refractivity contribution in [3.63, 3.8) is 0 Å². The van der Waals surface area contributed by atoms with Crippen LogP contribution in [0.2, 0.25) is 0 Å². The Morgan fingerprint density at radius 2 is 1.85 bits per heavy atom. The van der Waals surface area contributed by atoms with E-state index >= 15 is 0 Å². The Kier molecular flexibility index (Phi) is 6.58. The fourth-order valence-electron chi connectivity index (χ4n) is 2.27. The number of benzene rings is 2. The van der Waals surface area contributed by atoms with Gasteiger partial charge >= 0.3 is 6.09 Å². The van der Waals surface area contributed by atoms with Crippen LogP contribution in [0.25, 0.3) is 10.8 Å². The summed E-state index contributed by atoms with van der Waals surface area (Å²) in [6.45, 7) is 8.91. The molecule has 0 aromatic heterocycles. The number of carbonyl (C=O) groups is 1. The van der Waals surface area contributed by atoms with Crippen molar-refractivity contribution in [2.75, 3.05) is 12.4 Å². The van der Waals surface area contributed by atoms with Gasteiger partial charge in [-0.2, -0.15) is 0 Å². The molecule has 27 heavy (non-hydrogen) atoms. The molecule has 7 heteroatoms. The van der Waals surface area contributed by atoms with Gasteiger partial charge in [0.25, 0.3) is 0 Å². The summed E-state index contributed by atoms with van der Waals surface area (Å²) in [6.07, 6.45) is 0.941. The second-order valence-electron chi connectivity index (χ2n) is 6.57. The van der Waals surface area contributed by atoms with Crippen LogP contribution in [0.5, 0.6) is 5.75 Å². The first-order valence-corrected chi connectivity index (χ1v) is 8.61. The summed E-state index contributed by atoms with van der Waals surface area (Å²) in [5.41, 5.74) is 0.0238. The van der Waals surface area contributed by atoms with Crippen molar-refractivity contribution >= 4 is 46.0 Å². The van der Waals surface area contributed by atoms with Crippen LogP contribution in [-0.4, -0.2) is 30.6 Å². The number of anilines is 1. The zero-order valence-electron chi connectivity index (χ0n) is 15.7. The van der Waals surface area contributed by atoms with E-state index in [-0.39, 0.29) is 11.1 Å². The monoisotopic (exact) mass is 387 g/mol. The molecule has 142 valence electrons. The predicted molar refractivity (Wildman–Crippen MR) is 111 cm³/mol. The fraction of sp³-hybridized carbons (Fsp3) is 0.250. The Hall–Kier alpha value is -2.86. The molecule has 0 saturated carbocycles. The summed E-state index contributed by atoms with van der Waals surface area (Å²) in [6, 6.07) is 11.0. The molecule has 1 amide bonds. The van der Waals surface area contributed by atoms with Crippen molar-refractivity contribution in [3.8, 4) is 5.75 Å². The standard InChI is InChI=1S/C20H22ClN3O3/c1-20(2,3)27-19(25)24-15-10-11-16(14-9-7-6-8-13(14)15)26-18(23-5)12-17(21)22-4/h6-12H,5H2,1-4H3,(H,24,25)/b18-12+,22-17+. The van der Waals surface area contributed by atoms with Crippen LogP contribution >= 0.6 is 11.6 Å². The van der Waals surface area contributed by atoms with E-state index in [1.807, 2.05) is 45.0 Å². The fourth-order valence-corrected chi connectivity index (χ4v) is 2.36. The Bertz CT molecular complexity index is 914. The predicted octanol–water partition coefficient (Wildman–Crippen LogP) is 5.37. The molecule has 0 spiro atoms. The van der Waals surface area contributed by atoms with Crippen LogP contribution in [-0.2, 0) is 4.74 Å². The van der Waals surface area contributed by atoms with E-state index in [0.29, 0.717) is 11.4 Å². The van der Waals surface area contributed by atoms with E-state index in [9.17, 15) is 4.79 Å². The lowest BCUT2D eigenvalue weighted by atomic mass is 10.1. The van der Waals surface area contributed by atoms with Crippen molar-refractivity contribution in [1.82, 2.24) is 0 Å². The topological polar surface area (TPSA) is 72.3 Å². The first-order valence-electron chi connectivity index (χ1n) is 8.24. The molecule has 0 aliphatic carbocycles. The summed E-state index contributed by atoms with van der Waals surface area (Å²) in [7, 11) is 1.56. The number of halogens is 1. The maximum absolute atomic E-state index is 12.1. The number of aliphatic imine (C=N–C) groups is 2. The third-order valence-corrected chi connectivity index (χ3v) is 3.62. The molecular formula is C20H22ClN3O3. The highest BCUT2D eigenvalue weighted by Gasteiger charge is 2.17. The molecule has 6 nitrogen and oxygen atoms in total. The highest BCUT2D eigenvalue weighted by atomic mass is 35.5. The van der Waals surface area contributed by atoms with Crippen LogP contribution in [0.15, 0.2) is 58.3 Å². The number of carbonyl (C=O) groups excluding carboxylic acids is 1. The molecule has 0 bridgehead atoms. The van der Waals surface area contributed by atoms with Gasteiger partial charge in [-0.15, -0.1) is 0 Å². The molecule has 0 aliphatic heterocycles. The normalized spacial score (nSPS) is 12.6. The van der Waals surface area contributed by atoms with Gasteiger partial charge in [-0.05, 0) is 39.6 Å². The van der Waals surface area contributed by atoms with Crippen molar-refractivity contribution in [1.29, 1.82) is 0 Å². The van der Waals surface area contributed by atoms with Crippen LogP contribution in [0.4, 0.5) is 10.5 Å². The molecule has 2 rings (SSSR count). The van der Waals surface area contributed by atoms with E-state index in [2.05, 4.69) is 22.0 Å². The molecule has 0 aliphatic rings. The van der Waals surface area contributed by atoms with Gasteiger partial charge < -0.3 is 9.47 Å². The number of nitrogens with zero attached hydrogens (tertiary/aromatic N) is 2. The van der Waals surface area contributed by atoms with E-state index in [4.69, 9.17) is 21.1 Å². The van der Waals surface area contributed by atoms with E-state index in [0.717, 1.165) is 10.8 Å². The lowest BCUT2D eigenvalue weighted by molar-refractivity contribution is 0.0636. The summed E-state index contributed by atoms with van der Waals surface area (Å²) >= 11 is 5.90. The second kappa shape index (κ2) is 8.68. The molecule has 2 aromatic carbocycles. The average Bonchev–Trinajstić information content (AvgIpc) is 2.61. The molecule has 0 unspecified atom stereocenters. The molecule has 0 fully saturated rings. The Labute approximate surface area is 163 Å². The maximum Gasteiger partial charge on any atom is 0.412 e. The first kappa shape index (κ1) is 20.5. The summed E-state index contributed by atoms with van der Waals surface area (Å²) in [5, 5.41) is 4.58. The van der Waals surface area contributed by atoms with Crippen molar-refractivity contribution in [2.24, 2.45) is 9.98 Å². The third kappa shape index (κ3) is 5.82. The number of nitrogens with one attached hydrogen (secondary N) is 1. The zero-order chi connectivity index (χ0) is 20.0. The molecule has 0 radical (unpaired) electrons. The highest BCUT2D eigenvalue weighted by Crippen LogP contribution is 2.33. The van der Waals surface area contributed by atoms with Gasteiger partial charge in [-0.25, -0.2) is 9.79 Å². The van der Waals surface area contributed by atoms with Crippen LogP contribution in [0.1, 0.15) is 20.8 Å². The lowest BCUT2D eigenvalue weighted by Crippen LogP contribution is -2.27. The highest BCUT2D eigenvalue weighted by molar-refractivity contribution is 6.68. The largest absolute Gasteiger partial charge is 0.444 e. The summed E-state index contributed by atoms with van der Waals surface area (Å²) < 4.78 is 11.1.